The molecule has 0 aliphatic heterocycles. The maximum Gasteiger partial charge on any atom is 0.270 e. The molecule has 2 N–H and O–H groups in total. The summed E-state index contributed by atoms with van der Waals surface area (Å²) < 4.78 is 1.91. The summed E-state index contributed by atoms with van der Waals surface area (Å²) in [7, 11) is 0. The van der Waals surface area contributed by atoms with Crippen LogP contribution in [0.3, 0.4) is 0 Å². The zero-order valence-electron chi connectivity index (χ0n) is 12.4. The van der Waals surface area contributed by atoms with Crippen LogP contribution in [0.5, 0.6) is 0 Å². The van der Waals surface area contributed by atoms with E-state index in [-0.39, 0.29) is 16.4 Å². The van der Waals surface area contributed by atoms with E-state index in [0.29, 0.717) is 17.0 Å². The Morgan fingerprint density at radius 2 is 2.25 bits per heavy atom. The van der Waals surface area contributed by atoms with Crippen molar-refractivity contribution in [2.24, 2.45) is 0 Å². The largest absolute Gasteiger partial charge is 0.300 e. The number of anilines is 1. The molecule has 0 atom stereocenters. The number of hydrogen-bond acceptors (Lipinski definition) is 7. The van der Waals surface area contributed by atoms with Gasteiger partial charge in [-0.1, -0.05) is 12.0 Å². The fraction of sp³-hybridized carbons (Fsp3) is 0.250. The second-order valence-electron chi connectivity index (χ2n) is 4.56. The molecule has 10 nitrogen and oxygen atoms in total. The first-order valence-corrected chi connectivity index (χ1v) is 7.95. The normalized spacial score (nSPS) is 10.2. The molecule has 0 saturated heterocycles. The van der Waals surface area contributed by atoms with Crippen LogP contribution in [0.25, 0.3) is 0 Å². The van der Waals surface area contributed by atoms with E-state index in [4.69, 9.17) is 12.2 Å². The molecule has 0 aliphatic carbocycles. The highest BCUT2D eigenvalue weighted by Gasteiger charge is 2.17. The molecule has 24 heavy (non-hydrogen) atoms. The molecule has 0 bridgehead atoms. The molecule has 1 amide bonds. The van der Waals surface area contributed by atoms with Crippen molar-refractivity contribution in [3.63, 3.8) is 0 Å². The third-order valence-corrected chi connectivity index (χ3v) is 3.72. The van der Waals surface area contributed by atoms with Gasteiger partial charge in [0.1, 0.15) is 0 Å². The van der Waals surface area contributed by atoms with Gasteiger partial charge < -0.3 is 0 Å². The van der Waals surface area contributed by atoms with Crippen LogP contribution in [0, 0.1) is 10.1 Å². The van der Waals surface area contributed by atoms with Crippen molar-refractivity contribution in [1.29, 1.82) is 0 Å². The molecular weight excluding hydrogens is 402 g/mol. The number of tetrazole rings is 1. The molecule has 0 aliphatic rings. The first-order chi connectivity index (χ1) is 11.4. The number of nitro groups is 1. The van der Waals surface area contributed by atoms with Crippen LogP contribution in [0.1, 0.15) is 23.7 Å². The minimum Gasteiger partial charge on any atom is -0.300 e. The molecule has 1 aromatic heterocycles. The number of rotatable bonds is 5. The molecule has 12 heteroatoms. The molecule has 2 aromatic rings. The van der Waals surface area contributed by atoms with Crippen molar-refractivity contribution < 1.29 is 9.72 Å². The van der Waals surface area contributed by atoms with Crippen molar-refractivity contribution in [3.05, 3.63) is 38.3 Å². The number of aryl methyl sites for hydroxylation is 1. The van der Waals surface area contributed by atoms with Gasteiger partial charge in [-0.25, -0.2) is 4.68 Å². The Morgan fingerprint density at radius 3 is 2.92 bits per heavy atom. The monoisotopic (exact) mass is 413 g/mol. The number of halogens is 1. The molecule has 2 rings (SSSR count). The Bertz CT molecular complexity index is 795. The highest BCUT2D eigenvalue weighted by molar-refractivity contribution is 9.10. The fourth-order valence-electron chi connectivity index (χ4n) is 1.76. The Hall–Kier alpha value is -2.47. The second-order valence-corrected chi connectivity index (χ2v) is 5.82. The van der Waals surface area contributed by atoms with Gasteiger partial charge in [-0.3, -0.25) is 25.5 Å². The van der Waals surface area contributed by atoms with E-state index in [2.05, 4.69) is 42.1 Å². The summed E-state index contributed by atoms with van der Waals surface area (Å²) in [5.74, 6) is -0.308. The van der Waals surface area contributed by atoms with Gasteiger partial charge in [-0.2, -0.15) is 0 Å². The van der Waals surface area contributed by atoms with Gasteiger partial charge in [-0.15, -0.1) is 0 Å². The molecule has 0 radical (unpaired) electrons. The quantitative estimate of drug-likeness (QED) is 0.431. The number of nitrogens with one attached hydrogen (secondary N) is 2. The van der Waals surface area contributed by atoms with E-state index in [1.54, 1.807) is 0 Å². The number of nitrogens with zero attached hydrogens (tertiary/aromatic N) is 5. The van der Waals surface area contributed by atoms with Crippen molar-refractivity contribution in [1.82, 2.24) is 25.5 Å². The summed E-state index contributed by atoms with van der Waals surface area (Å²) >= 11 is 8.23. The third-order valence-electron chi connectivity index (χ3n) is 2.83. The fourth-order valence-corrected chi connectivity index (χ4v) is 2.37. The van der Waals surface area contributed by atoms with Crippen molar-refractivity contribution in [3.8, 4) is 0 Å². The van der Waals surface area contributed by atoms with Crippen LogP contribution in [-0.4, -0.2) is 36.2 Å². The lowest BCUT2D eigenvalue weighted by molar-refractivity contribution is -0.384. The lowest BCUT2D eigenvalue weighted by atomic mass is 10.2. The van der Waals surface area contributed by atoms with E-state index in [1.807, 2.05) is 6.92 Å². The molecule has 0 unspecified atom stereocenters. The third kappa shape index (κ3) is 4.29. The molecule has 126 valence electrons. The minimum atomic E-state index is -0.599. The standard InChI is InChI=1S/C12H12BrN7O3S/c1-2-5-19-11(16-17-18-19)15-12(24)14-10(21)8-6-7(20(22)23)3-4-9(8)13/h3-4,6H,2,5H2,1H3,(H2,14,15,16,18,21,24). The van der Waals surface area contributed by atoms with Crippen LogP contribution in [0.2, 0.25) is 0 Å². The number of hydrogen-bond donors (Lipinski definition) is 2. The van der Waals surface area contributed by atoms with Crippen molar-refractivity contribution >= 4 is 50.8 Å². The van der Waals surface area contributed by atoms with E-state index < -0.39 is 10.8 Å². The van der Waals surface area contributed by atoms with Crippen LogP contribution < -0.4 is 10.6 Å². The predicted molar refractivity (Wildman–Crippen MR) is 92.6 cm³/mol. The van der Waals surface area contributed by atoms with Gasteiger partial charge in [0.25, 0.3) is 11.6 Å². The summed E-state index contributed by atoms with van der Waals surface area (Å²) in [4.78, 5) is 22.5. The number of amides is 1. The molecule has 0 spiro atoms. The number of carbonyl (C=O) groups excluding carboxylic acids is 1. The lowest BCUT2D eigenvalue weighted by Crippen LogP contribution is -2.35. The maximum atomic E-state index is 12.2. The molecule has 1 heterocycles. The van der Waals surface area contributed by atoms with E-state index in [1.165, 1.54) is 16.8 Å². The highest BCUT2D eigenvalue weighted by Crippen LogP contribution is 2.22. The summed E-state index contributed by atoms with van der Waals surface area (Å²) in [5.41, 5.74) is -0.115. The van der Waals surface area contributed by atoms with Crippen molar-refractivity contribution in [2.45, 2.75) is 19.9 Å². The first-order valence-electron chi connectivity index (χ1n) is 6.74. The average molecular weight is 414 g/mol. The predicted octanol–water partition coefficient (Wildman–Crippen LogP) is 1.88. The smallest absolute Gasteiger partial charge is 0.270 e. The lowest BCUT2D eigenvalue weighted by Gasteiger charge is -2.09. The highest BCUT2D eigenvalue weighted by atomic mass is 79.9. The first kappa shape index (κ1) is 17.9. The van der Waals surface area contributed by atoms with E-state index in [9.17, 15) is 14.9 Å². The summed E-state index contributed by atoms with van der Waals surface area (Å²) in [6.45, 7) is 2.55. The van der Waals surface area contributed by atoms with Gasteiger partial charge in [0.15, 0.2) is 5.11 Å². The van der Waals surface area contributed by atoms with Crippen LogP contribution in [-0.2, 0) is 6.54 Å². The minimum absolute atomic E-state index is 0.0226. The van der Waals surface area contributed by atoms with E-state index >= 15 is 0 Å². The Balaban J connectivity index is 2.09. The van der Waals surface area contributed by atoms with Gasteiger partial charge in [0.2, 0.25) is 5.95 Å². The Kier molecular flexibility index (Phi) is 5.87. The second kappa shape index (κ2) is 7.88. The zero-order chi connectivity index (χ0) is 17.7. The van der Waals surface area contributed by atoms with Crippen LogP contribution >= 0.6 is 28.1 Å². The zero-order valence-corrected chi connectivity index (χ0v) is 14.8. The summed E-state index contributed by atoms with van der Waals surface area (Å²) in [6, 6.07) is 3.87. The maximum absolute atomic E-state index is 12.2. The van der Waals surface area contributed by atoms with Gasteiger partial charge >= 0.3 is 0 Å². The number of aromatic nitrogens is 4. The van der Waals surface area contributed by atoms with Gasteiger partial charge in [0.05, 0.1) is 10.5 Å². The number of benzene rings is 1. The van der Waals surface area contributed by atoms with Gasteiger partial charge in [0, 0.05) is 23.2 Å². The van der Waals surface area contributed by atoms with Crippen LogP contribution in [0.15, 0.2) is 22.7 Å². The van der Waals surface area contributed by atoms with Crippen molar-refractivity contribution in [2.75, 3.05) is 5.32 Å². The molecular formula is C12H12BrN7O3S. The van der Waals surface area contributed by atoms with Gasteiger partial charge in [-0.05, 0) is 51.1 Å². The number of carbonyl (C=O) groups is 1. The SMILES string of the molecule is CCCn1nnnc1NC(=S)NC(=O)c1cc([N+](=O)[O-])ccc1Br. The number of thiocarbonyl (C=S) groups is 1. The average Bonchev–Trinajstić information content (AvgIpc) is 2.94. The topological polar surface area (TPSA) is 128 Å². The number of nitro benzene ring substituents is 1. The molecule has 1 aromatic carbocycles. The molecule has 0 saturated carbocycles. The Labute approximate surface area is 149 Å². The Morgan fingerprint density at radius 1 is 1.50 bits per heavy atom. The number of non-ortho nitro benzene ring substituents is 1. The van der Waals surface area contributed by atoms with E-state index in [0.717, 1.165) is 12.5 Å². The summed E-state index contributed by atoms with van der Waals surface area (Å²) in [5, 5.41) is 27.0. The summed E-state index contributed by atoms with van der Waals surface area (Å²) in [6.07, 6.45) is 0.819. The van der Waals surface area contributed by atoms with Crippen LogP contribution in [0.4, 0.5) is 11.6 Å². The molecule has 0 fully saturated rings.